The monoisotopic (exact) mass is 308 g/mol. The van der Waals surface area contributed by atoms with Crippen molar-refractivity contribution in [1.29, 1.82) is 0 Å². The van der Waals surface area contributed by atoms with Gasteiger partial charge in [-0.25, -0.2) is 9.97 Å². The third-order valence-electron chi connectivity index (χ3n) is 4.53. The molecule has 5 heteroatoms. The molecule has 1 saturated heterocycles. The van der Waals surface area contributed by atoms with Crippen LogP contribution in [0.25, 0.3) is 16.9 Å². The lowest BCUT2D eigenvalue weighted by Crippen LogP contribution is -2.15. The fourth-order valence-corrected chi connectivity index (χ4v) is 3.34. The van der Waals surface area contributed by atoms with Crippen molar-refractivity contribution in [2.75, 3.05) is 27.2 Å². The minimum Gasteiger partial charge on any atom is -0.497 e. The van der Waals surface area contributed by atoms with Gasteiger partial charge in [-0.3, -0.25) is 4.57 Å². The molecule has 1 unspecified atom stereocenters. The molecule has 5 nitrogen and oxygen atoms in total. The second-order valence-corrected chi connectivity index (χ2v) is 6.10. The van der Waals surface area contributed by atoms with E-state index >= 15 is 0 Å². The zero-order chi connectivity index (χ0) is 15.8. The van der Waals surface area contributed by atoms with Gasteiger partial charge in [0.1, 0.15) is 17.1 Å². The maximum absolute atomic E-state index is 5.27. The normalized spacial score (nSPS) is 18.6. The first-order valence-corrected chi connectivity index (χ1v) is 7.92. The zero-order valence-electron chi connectivity index (χ0n) is 13.4. The van der Waals surface area contributed by atoms with Gasteiger partial charge in [-0.2, -0.15) is 0 Å². The summed E-state index contributed by atoms with van der Waals surface area (Å²) in [4.78, 5) is 11.8. The molecule has 0 amide bonds. The first-order chi connectivity index (χ1) is 11.3. The summed E-state index contributed by atoms with van der Waals surface area (Å²) in [6, 6.07) is 12.1. The van der Waals surface area contributed by atoms with Crippen LogP contribution in [0, 0.1) is 0 Å². The van der Waals surface area contributed by atoms with E-state index in [9.17, 15) is 0 Å². The van der Waals surface area contributed by atoms with Gasteiger partial charge in [-0.15, -0.1) is 0 Å². The molecule has 0 bridgehead atoms. The highest BCUT2D eigenvalue weighted by Gasteiger charge is 2.27. The summed E-state index contributed by atoms with van der Waals surface area (Å²) in [6.07, 6.45) is 2.96. The van der Waals surface area contributed by atoms with Gasteiger partial charge in [0.15, 0.2) is 5.65 Å². The maximum Gasteiger partial charge on any atom is 0.164 e. The molecule has 3 aromatic rings. The van der Waals surface area contributed by atoms with Crippen LogP contribution in [0.5, 0.6) is 5.75 Å². The van der Waals surface area contributed by atoms with E-state index in [2.05, 4.69) is 33.6 Å². The number of ether oxygens (including phenoxy) is 1. The summed E-state index contributed by atoms with van der Waals surface area (Å²) in [5.74, 6) is 2.40. The minimum absolute atomic E-state index is 0.441. The van der Waals surface area contributed by atoms with E-state index in [1.165, 1.54) is 0 Å². The number of pyridine rings is 1. The lowest BCUT2D eigenvalue weighted by molar-refractivity contribution is 0.409. The quantitative estimate of drug-likeness (QED) is 0.746. The van der Waals surface area contributed by atoms with Gasteiger partial charge in [-0.1, -0.05) is 0 Å². The summed E-state index contributed by atoms with van der Waals surface area (Å²) in [5.41, 5.74) is 2.95. The van der Waals surface area contributed by atoms with Crippen molar-refractivity contribution >= 4 is 11.2 Å². The van der Waals surface area contributed by atoms with Gasteiger partial charge in [-0.05, 0) is 56.4 Å². The first-order valence-electron chi connectivity index (χ1n) is 7.92. The van der Waals surface area contributed by atoms with Crippen molar-refractivity contribution in [3.8, 4) is 11.4 Å². The summed E-state index contributed by atoms with van der Waals surface area (Å²) in [6.45, 7) is 2.16. The molecule has 2 aromatic heterocycles. The molecule has 1 aliphatic heterocycles. The lowest BCUT2D eigenvalue weighted by Gasteiger charge is -2.14. The average Bonchev–Trinajstić information content (AvgIpc) is 3.18. The van der Waals surface area contributed by atoms with Crippen LogP contribution in [-0.2, 0) is 0 Å². The molecular formula is C18H20N4O. The summed E-state index contributed by atoms with van der Waals surface area (Å²) < 4.78 is 7.46. The molecule has 1 aromatic carbocycles. The summed E-state index contributed by atoms with van der Waals surface area (Å²) in [5, 5.41) is 0. The third kappa shape index (κ3) is 2.47. The van der Waals surface area contributed by atoms with Crippen LogP contribution in [0.4, 0.5) is 0 Å². The molecule has 3 heterocycles. The molecule has 118 valence electrons. The van der Waals surface area contributed by atoms with Crippen LogP contribution < -0.4 is 4.74 Å². The van der Waals surface area contributed by atoms with Crippen LogP contribution in [0.3, 0.4) is 0 Å². The second kappa shape index (κ2) is 5.66. The fraction of sp³-hybridized carbons (Fsp3) is 0.333. The third-order valence-corrected chi connectivity index (χ3v) is 4.53. The van der Waals surface area contributed by atoms with Gasteiger partial charge in [0.25, 0.3) is 0 Å². The Morgan fingerprint density at radius 3 is 2.70 bits per heavy atom. The Hall–Kier alpha value is -2.40. The van der Waals surface area contributed by atoms with Gasteiger partial charge in [0.05, 0.1) is 7.11 Å². The van der Waals surface area contributed by atoms with Gasteiger partial charge in [0, 0.05) is 24.3 Å². The molecule has 23 heavy (non-hydrogen) atoms. The van der Waals surface area contributed by atoms with E-state index in [1.807, 2.05) is 30.5 Å². The van der Waals surface area contributed by atoms with E-state index < -0.39 is 0 Å². The second-order valence-electron chi connectivity index (χ2n) is 6.10. The number of nitrogens with zero attached hydrogens (tertiary/aromatic N) is 4. The number of hydrogen-bond donors (Lipinski definition) is 0. The highest BCUT2D eigenvalue weighted by atomic mass is 16.5. The number of benzene rings is 1. The standard InChI is InChI=1S/C18H20N4O/c1-21-11-9-13(12-21)17-20-16-4-3-10-19-18(16)22(17)14-5-7-15(23-2)8-6-14/h3-8,10,13H,9,11-12H2,1-2H3. The molecular weight excluding hydrogens is 288 g/mol. The smallest absolute Gasteiger partial charge is 0.164 e. The topological polar surface area (TPSA) is 43.2 Å². The van der Waals surface area contributed by atoms with E-state index in [-0.39, 0.29) is 0 Å². The SMILES string of the molecule is COc1ccc(-n2c(C3CCN(C)C3)nc3cccnc32)cc1. The van der Waals surface area contributed by atoms with Crippen LogP contribution in [0.2, 0.25) is 0 Å². The Kier molecular flexibility index (Phi) is 3.50. The van der Waals surface area contributed by atoms with Crippen molar-refractivity contribution in [1.82, 2.24) is 19.4 Å². The first kappa shape index (κ1) is 14.2. The van der Waals surface area contributed by atoms with Crippen LogP contribution in [0.1, 0.15) is 18.2 Å². The van der Waals surface area contributed by atoms with Crippen LogP contribution >= 0.6 is 0 Å². The highest BCUT2D eigenvalue weighted by molar-refractivity contribution is 5.74. The zero-order valence-corrected chi connectivity index (χ0v) is 13.4. The number of likely N-dealkylation sites (N-methyl/N-ethyl adjacent to an activating group) is 1. The molecule has 0 saturated carbocycles. The number of rotatable bonds is 3. The number of methoxy groups -OCH3 is 1. The Bertz CT molecular complexity index is 825. The van der Waals surface area contributed by atoms with Gasteiger partial charge >= 0.3 is 0 Å². The van der Waals surface area contributed by atoms with E-state index in [0.717, 1.165) is 47.9 Å². The van der Waals surface area contributed by atoms with Crippen LogP contribution in [-0.4, -0.2) is 46.7 Å². The molecule has 1 atom stereocenters. The lowest BCUT2D eigenvalue weighted by atomic mass is 10.1. The molecule has 0 aliphatic carbocycles. The molecule has 0 N–H and O–H groups in total. The van der Waals surface area contributed by atoms with E-state index in [0.29, 0.717) is 5.92 Å². The molecule has 4 rings (SSSR count). The predicted octanol–water partition coefficient (Wildman–Crippen LogP) is 2.85. The van der Waals surface area contributed by atoms with Crippen molar-refractivity contribution in [3.63, 3.8) is 0 Å². The number of aromatic nitrogens is 3. The molecule has 1 aliphatic rings. The van der Waals surface area contributed by atoms with Crippen molar-refractivity contribution in [2.45, 2.75) is 12.3 Å². The largest absolute Gasteiger partial charge is 0.497 e. The van der Waals surface area contributed by atoms with Crippen molar-refractivity contribution in [3.05, 3.63) is 48.4 Å². The number of imidazole rings is 1. The number of hydrogen-bond acceptors (Lipinski definition) is 4. The van der Waals surface area contributed by atoms with Crippen LogP contribution in [0.15, 0.2) is 42.6 Å². The highest BCUT2D eigenvalue weighted by Crippen LogP contribution is 2.31. The maximum atomic E-state index is 5.27. The Morgan fingerprint density at radius 2 is 2.00 bits per heavy atom. The molecule has 0 radical (unpaired) electrons. The number of fused-ring (bicyclic) bond motifs is 1. The van der Waals surface area contributed by atoms with E-state index in [1.54, 1.807) is 7.11 Å². The Morgan fingerprint density at radius 1 is 1.17 bits per heavy atom. The molecule has 0 spiro atoms. The van der Waals surface area contributed by atoms with Gasteiger partial charge < -0.3 is 9.64 Å². The predicted molar refractivity (Wildman–Crippen MR) is 90.3 cm³/mol. The van der Waals surface area contributed by atoms with E-state index in [4.69, 9.17) is 9.72 Å². The average molecular weight is 308 g/mol. The summed E-state index contributed by atoms with van der Waals surface area (Å²) in [7, 11) is 3.85. The van der Waals surface area contributed by atoms with Crippen molar-refractivity contribution in [2.24, 2.45) is 0 Å². The van der Waals surface area contributed by atoms with Gasteiger partial charge in [0.2, 0.25) is 0 Å². The molecule has 1 fully saturated rings. The Labute approximate surface area is 135 Å². The van der Waals surface area contributed by atoms with Crippen molar-refractivity contribution < 1.29 is 4.74 Å². The Balaban J connectivity index is 1.88. The number of likely N-dealkylation sites (tertiary alicyclic amines) is 1. The summed E-state index contributed by atoms with van der Waals surface area (Å²) >= 11 is 0. The minimum atomic E-state index is 0.441. The fourth-order valence-electron chi connectivity index (χ4n) is 3.34.